The lowest BCUT2D eigenvalue weighted by Gasteiger charge is -2.32. The largest absolute Gasteiger partial charge is 0.481 e. The molecule has 1 amide bonds. The molecule has 0 spiro atoms. The number of carbonyl (C=O) groups excluding carboxylic acids is 1. The molecule has 1 saturated carbocycles. The van der Waals surface area contributed by atoms with Gasteiger partial charge in [-0.3, -0.25) is 9.59 Å². The smallest absolute Gasteiger partial charge is 0.303 e. The fourth-order valence-electron chi connectivity index (χ4n) is 2.54. The summed E-state index contributed by atoms with van der Waals surface area (Å²) in [6.07, 6.45) is 5.19. The van der Waals surface area contributed by atoms with Crippen LogP contribution < -0.4 is 5.32 Å². The van der Waals surface area contributed by atoms with E-state index in [4.69, 9.17) is 5.11 Å². The zero-order chi connectivity index (χ0) is 13.5. The highest BCUT2D eigenvalue weighted by molar-refractivity contribution is 5.76. The summed E-state index contributed by atoms with van der Waals surface area (Å²) in [6.45, 7) is 4.52. The Morgan fingerprint density at radius 1 is 1.11 bits per heavy atom. The molecule has 0 radical (unpaired) electrons. The molecule has 104 valence electrons. The van der Waals surface area contributed by atoms with Gasteiger partial charge in [-0.1, -0.05) is 13.8 Å². The van der Waals surface area contributed by atoms with E-state index in [2.05, 4.69) is 19.2 Å². The topological polar surface area (TPSA) is 66.4 Å². The molecule has 0 aromatic carbocycles. The molecule has 0 aliphatic heterocycles. The van der Waals surface area contributed by atoms with Gasteiger partial charge in [-0.15, -0.1) is 0 Å². The Morgan fingerprint density at radius 3 is 2.39 bits per heavy atom. The van der Waals surface area contributed by atoms with Crippen LogP contribution in [0.4, 0.5) is 0 Å². The zero-order valence-corrected chi connectivity index (χ0v) is 11.4. The molecule has 2 N–H and O–H groups in total. The maximum absolute atomic E-state index is 11.7. The van der Waals surface area contributed by atoms with Crippen LogP contribution in [0.2, 0.25) is 0 Å². The average molecular weight is 255 g/mol. The number of nitrogens with one attached hydrogen (secondary N) is 1. The number of hydrogen-bond acceptors (Lipinski definition) is 2. The van der Waals surface area contributed by atoms with E-state index < -0.39 is 5.97 Å². The number of carbonyl (C=O) groups is 2. The van der Waals surface area contributed by atoms with Crippen LogP contribution in [0.1, 0.15) is 58.8 Å². The maximum Gasteiger partial charge on any atom is 0.303 e. The number of carboxylic acid groups (broad SMARTS) is 1. The van der Waals surface area contributed by atoms with Crippen LogP contribution in [-0.4, -0.2) is 23.0 Å². The van der Waals surface area contributed by atoms with Crippen LogP contribution in [0, 0.1) is 11.8 Å². The van der Waals surface area contributed by atoms with Crippen molar-refractivity contribution >= 4 is 11.9 Å². The molecule has 4 nitrogen and oxygen atoms in total. The van der Waals surface area contributed by atoms with Gasteiger partial charge in [0.15, 0.2) is 0 Å². The molecule has 1 rings (SSSR count). The highest BCUT2D eigenvalue weighted by Crippen LogP contribution is 2.29. The van der Waals surface area contributed by atoms with Crippen molar-refractivity contribution in [3.05, 3.63) is 0 Å². The molecule has 3 atom stereocenters. The molecule has 1 aliphatic carbocycles. The Kier molecular flexibility index (Phi) is 6.16. The van der Waals surface area contributed by atoms with Gasteiger partial charge in [-0.25, -0.2) is 0 Å². The minimum atomic E-state index is -0.787. The molecule has 0 aromatic heterocycles. The summed E-state index contributed by atoms with van der Waals surface area (Å²) in [7, 11) is 0. The number of unbranched alkanes of at least 4 members (excludes halogenated alkanes) is 1. The summed E-state index contributed by atoms with van der Waals surface area (Å²) in [4.78, 5) is 22.0. The summed E-state index contributed by atoms with van der Waals surface area (Å²) in [5.41, 5.74) is 0. The second kappa shape index (κ2) is 7.39. The van der Waals surface area contributed by atoms with Gasteiger partial charge in [0.2, 0.25) is 5.91 Å². The van der Waals surface area contributed by atoms with E-state index in [1.807, 2.05) is 0 Å². The number of amides is 1. The SMILES string of the molecule is CC1CCC(NC(=O)CCCCC(=O)O)CC1C. The minimum Gasteiger partial charge on any atom is -0.481 e. The first-order chi connectivity index (χ1) is 8.49. The quantitative estimate of drug-likeness (QED) is 0.717. The van der Waals surface area contributed by atoms with Crippen LogP contribution in [0.15, 0.2) is 0 Å². The van der Waals surface area contributed by atoms with Crippen molar-refractivity contribution < 1.29 is 14.7 Å². The Morgan fingerprint density at radius 2 is 1.78 bits per heavy atom. The summed E-state index contributed by atoms with van der Waals surface area (Å²) < 4.78 is 0. The zero-order valence-electron chi connectivity index (χ0n) is 11.4. The summed E-state index contributed by atoms with van der Waals surface area (Å²) in [5.74, 6) is 0.724. The standard InChI is InChI=1S/C14H25NO3/c1-10-7-8-12(9-11(10)2)15-13(16)5-3-4-6-14(17)18/h10-12H,3-9H2,1-2H3,(H,15,16)(H,17,18). The number of aliphatic carboxylic acids is 1. The van der Waals surface area contributed by atoms with E-state index in [1.165, 1.54) is 6.42 Å². The first-order valence-corrected chi connectivity index (χ1v) is 7.00. The van der Waals surface area contributed by atoms with Gasteiger partial charge in [0.25, 0.3) is 0 Å². The van der Waals surface area contributed by atoms with Gasteiger partial charge in [0.05, 0.1) is 0 Å². The van der Waals surface area contributed by atoms with Crippen molar-refractivity contribution in [1.29, 1.82) is 0 Å². The van der Waals surface area contributed by atoms with E-state index >= 15 is 0 Å². The lowest BCUT2D eigenvalue weighted by atomic mass is 9.79. The van der Waals surface area contributed by atoms with Crippen molar-refractivity contribution in [2.45, 2.75) is 64.8 Å². The predicted octanol–water partition coefficient (Wildman–Crippen LogP) is 2.57. The minimum absolute atomic E-state index is 0.0761. The van der Waals surface area contributed by atoms with Gasteiger partial charge >= 0.3 is 5.97 Å². The summed E-state index contributed by atoms with van der Waals surface area (Å²) in [6, 6.07) is 0.322. The third-order valence-electron chi connectivity index (χ3n) is 4.01. The Hall–Kier alpha value is -1.06. The molecule has 4 heteroatoms. The van der Waals surface area contributed by atoms with E-state index in [-0.39, 0.29) is 12.3 Å². The third-order valence-corrected chi connectivity index (χ3v) is 4.01. The lowest BCUT2D eigenvalue weighted by molar-refractivity contribution is -0.137. The fourth-order valence-corrected chi connectivity index (χ4v) is 2.54. The Labute approximate surface area is 109 Å². The second-order valence-electron chi connectivity index (χ2n) is 5.63. The van der Waals surface area contributed by atoms with Gasteiger partial charge in [-0.05, 0) is 43.9 Å². The Bertz CT molecular complexity index is 291. The van der Waals surface area contributed by atoms with Crippen LogP contribution in [0.5, 0.6) is 0 Å². The van der Waals surface area contributed by atoms with Crippen molar-refractivity contribution in [1.82, 2.24) is 5.32 Å². The van der Waals surface area contributed by atoms with Gasteiger partial charge in [0, 0.05) is 18.9 Å². The highest BCUT2D eigenvalue weighted by atomic mass is 16.4. The van der Waals surface area contributed by atoms with E-state index in [9.17, 15) is 9.59 Å². The molecule has 0 heterocycles. The van der Waals surface area contributed by atoms with E-state index in [1.54, 1.807) is 0 Å². The first-order valence-electron chi connectivity index (χ1n) is 7.00. The normalized spacial score (nSPS) is 27.8. The molecule has 0 aromatic rings. The molecule has 1 fully saturated rings. The van der Waals surface area contributed by atoms with Crippen molar-refractivity contribution in [2.24, 2.45) is 11.8 Å². The van der Waals surface area contributed by atoms with Crippen molar-refractivity contribution in [3.8, 4) is 0 Å². The highest BCUT2D eigenvalue weighted by Gasteiger charge is 2.25. The van der Waals surface area contributed by atoms with Crippen LogP contribution in [0.25, 0.3) is 0 Å². The lowest BCUT2D eigenvalue weighted by Crippen LogP contribution is -2.39. The number of rotatable bonds is 6. The number of hydrogen-bond donors (Lipinski definition) is 2. The van der Waals surface area contributed by atoms with Crippen LogP contribution in [-0.2, 0) is 9.59 Å². The van der Waals surface area contributed by atoms with Gasteiger partial charge in [0.1, 0.15) is 0 Å². The van der Waals surface area contributed by atoms with Crippen LogP contribution >= 0.6 is 0 Å². The van der Waals surface area contributed by atoms with Crippen molar-refractivity contribution in [3.63, 3.8) is 0 Å². The molecule has 18 heavy (non-hydrogen) atoms. The average Bonchev–Trinajstić information content (AvgIpc) is 2.29. The van der Waals surface area contributed by atoms with Crippen molar-refractivity contribution in [2.75, 3.05) is 0 Å². The second-order valence-corrected chi connectivity index (χ2v) is 5.63. The third kappa shape index (κ3) is 5.52. The Balaban J connectivity index is 2.14. The summed E-state index contributed by atoms with van der Waals surface area (Å²) >= 11 is 0. The summed E-state index contributed by atoms with van der Waals surface area (Å²) in [5, 5.41) is 11.6. The van der Waals surface area contributed by atoms with Gasteiger partial charge in [-0.2, -0.15) is 0 Å². The van der Waals surface area contributed by atoms with Crippen LogP contribution in [0.3, 0.4) is 0 Å². The molecular formula is C14H25NO3. The molecule has 1 aliphatic rings. The maximum atomic E-state index is 11.7. The van der Waals surface area contributed by atoms with E-state index in [0.717, 1.165) is 18.8 Å². The van der Waals surface area contributed by atoms with E-state index in [0.29, 0.717) is 31.2 Å². The molecule has 3 unspecified atom stereocenters. The molecular weight excluding hydrogens is 230 g/mol. The molecule has 0 saturated heterocycles. The molecule has 0 bridgehead atoms. The monoisotopic (exact) mass is 255 g/mol. The van der Waals surface area contributed by atoms with Gasteiger partial charge < -0.3 is 10.4 Å². The number of carboxylic acids is 1. The first kappa shape index (κ1) is 15.0. The predicted molar refractivity (Wildman–Crippen MR) is 70.2 cm³/mol. The fraction of sp³-hybridized carbons (Fsp3) is 0.857.